The number of hydrogen-bond donors (Lipinski definition) is 2. The summed E-state index contributed by atoms with van der Waals surface area (Å²) in [5, 5.41) is 3.62. The van der Waals surface area contributed by atoms with Crippen molar-refractivity contribution in [2.24, 2.45) is 0 Å². The minimum absolute atomic E-state index is 0.705. The van der Waals surface area contributed by atoms with Gasteiger partial charge in [0.25, 0.3) is 0 Å². The topological polar surface area (TPSA) is 40.7 Å². The zero-order valence-corrected chi connectivity index (χ0v) is 10.6. The molecule has 0 aliphatic rings. The van der Waals surface area contributed by atoms with Gasteiger partial charge >= 0.3 is 0 Å². The predicted molar refractivity (Wildman–Crippen MR) is 68.5 cm³/mol. The van der Waals surface area contributed by atoms with Gasteiger partial charge in [-0.15, -0.1) is 0 Å². The molecule has 0 aliphatic carbocycles. The first-order valence-corrected chi connectivity index (χ1v) is 6.58. The fourth-order valence-electron chi connectivity index (χ4n) is 1.90. The number of hydrogen-bond acceptors (Lipinski definition) is 2. The van der Waals surface area contributed by atoms with Crippen LogP contribution < -0.4 is 5.32 Å². The van der Waals surface area contributed by atoms with Gasteiger partial charge in [-0.3, -0.25) is 0 Å². The number of aromatic nitrogens is 2. The zero-order valence-electron chi connectivity index (χ0n) is 10.6. The van der Waals surface area contributed by atoms with Crippen molar-refractivity contribution in [1.82, 2.24) is 15.3 Å². The summed E-state index contributed by atoms with van der Waals surface area (Å²) < 4.78 is 0. The summed E-state index contributed by atoms with van der Waals surface area (Å²) in [5.41, 5.74) is 0. The Bertz CT molecular complexity index is 244. The van der Waals surface area contributed by atoms with Crippen molar-refractivity contribution in [2.75, 3.05) is 6.54 Å². The van der Waals surface area contributed by atoms with E-state index in [1.54, 1.807) is 0 Å². The van der Waals surface area contributed by atoms with Gasteiger partial charge in [0, 0.05) is 24.9 Å². The minimum atomic E-state index is 0.705. The quantitative estimate of drug-likeness (QED) is 0.632. The highest BCUT2D eigenvalue weighted by molar-refractivity contribution is 4.86. The maximum absolute atomic E-state index is 4.22. The van der Waals surface area contributed by atoms with Crippen LogP contribution >= 0.6 is 0 Å². The van der Waals surface area contributed by atoms with E-state index in [9.17, 15) is 0 Å². The SMILES string of the molecule is CCCCC(CC)NCCCc1ncc[nH]1. The molecule has 1 rings (SSSR count). The van der Waals surface area contributed by atoms with Crippen molar-refractivity contribution in [1.29, 1.82) is 0 Å². The first-order valence-electron chi connectivity index (χ1n) is 6.58. The summed E-state index contributed by atoms with van der Waals surface area (Å²) in [5.74, 6) is 1.10. The first-order chi connectivity index (χ1) is 7.86. The fraction of sp³-hybridized carbons (Fsp3) is 0.769. The lowest BCUT2D eigenvalue weighted by Crippen LogP contribution is -2.29. The molecule has 0 bridgehead atoms. The molecule has 1 aromatic rings. The molecule has 0 amide bonds. The van der Waals surface area contributed by atoms with Gasteiger partial charge < -0.3 is 10.3 Å². The van der Waals surface area contributed by atoms with E-state index in [1.807, 2.05) is 12.4 Å². The molecule has 0 spiro atoms. The third kappa shape index (κ3) is 5.31. The molecule has 92 valence electrons. The first kappa shape index (κ1) is 13.2. The van der Waals surface area contributed by atoms with Crippen LogP contribution in [0.1, 0.15) is 51.8 Å². The Labute approximate surface area is 99.1 Å². The molecule has 1 heterocycles. The Morgan fingerprint density at radius 2 is 2.25 bits per heavy atom. The van der Waals surface area contributed by atoms with Crippen LogP contribution in [-0.2, 0) is 6.42 Å². The standard InChI is InChI=1S/C13H25N3/c1-3-5-7-12(4-2)14-9-6-8-13-15-10-11-16-13/h10-12,14H,3-9H2,1-2H3,(H,15,16). The summed E-state index contributed by atoms with van der Waals surface area (Å²) in [6.07, 6.45) is 11.1. The van der Waals surface area contributed by atoms with E-state index in [-0.39, 0.29) is 0 Å². The molecule has 3 nitrogen and oxygen atoms in total. The van der Waals surface area contributed by atoms with Crippen LogP contribution in [-0.4, -0.2) is 22.6 Å². The van der Waals surface area contributed by atoms with Crippen LogP contribution in [0.2, 0.25) is 0 Å². The molecule has 1 aromatic heterocycles. The van der Waals surface area contributed by atoms with Gasteiger partial charge in [-0.1, -0.05) is 26.7 Å². The van der Waals surface area contributed by atoms with Crippen molar-refractivity contribution in [3.63, 3.8) is 0 Å². The van der Waals surface area contributed by atoms with E-state index in [0.717, 1.165) is 25.2 Å². The van der Waals surface area contributed by atoms with Crippen LogP contribution in [0, 0.1) is 0 Å². The Hall–Kier alpha value is -0.830. The second-order valence-electron chi connectivity index (χ2n) is 4.34. The molecular formula is C13H25N3. The Morgan fingerprint density at radius 1 is 1.38 bits per heavy atom. The molecule has 0 aromatic carbocycles. The van der Waals surface area contributed by atoms with Crippen molar-refractivity contribution in [3.8, 4) is 0 Å². The number of imidazole rings is 1. The largest absolute Gasteiger partial charge is 0.349 e. The van der Waals surface area contributed by atoms with Crippen LogP contribution in [0.5, 0.6) is 0 Å². The molecule has 2 N–H and O–H groups in total. The Kier molecular flexibility index (Phi) is 6.90. The Morgan fingerprint density at radius 3 is 2.88 bits per heavy atom. The van der Waals surface area contributed by atoms with Gasteiger partial charge in [0.15, 0.2) is 0 Å². The number of unbranched alkanes of at least 4 members (excludes halogenated alkanes) is 1. The second-order valence-corrected chi connectivity index (χ2v) is 4.34. The molecule has 1 atom stereocenters. The van der Waals surface area contributed by atoms with E-state index in [0.29, 0.717) is 6.04 Å². The van der Waals surface area contributed by atoms with Crippen LogP contribution in [0.25, 0.3) is 0 Å². The van der Waals surface area contributed by atoms with Crippen molar-refractivity contribution in [3.05, 3.63) is 18.2 Å². The molecule has 1 unspecified atom stereocenters. The number of aryl methyl sites for hydroxylation is 1. The maximum atomic E-state index is 4.22. The van der Waals surface area contributed by atoms with Crippen molar-refractivity contribution >= 4 is 0 Å². The molecule has 3 heteroatoms. The average molecular weight is 223 g/mol. The lowest BCUT2D eigenvalue weighted by Gasteiger charge is -2.16. The van der Waals surface area contributed by atoms with E-state index in [1.165, 1.54) is 25.7 Å². The molecule has 0 aliphatic heterocycles. The molecule has 0 radical (unpaired) electrons. The highest BCUT2D eigenvalue weighted by Gasteiger charge is 2.04. The number of nitrogens with zero attached hydrogens (tertiary/aromatic N) is 1. The smallest absolute Gasteiger partial charge is 0.106 e. The summed E-state index contributed by atoms with van der Waals surface area (Å²) in [4.78, 5) is 7.35. The predicted octanol–water partition coefficient (Wildman–Crippen LogP) is 2.90. The maximum Gasteiger partial charge on any atom is 0.106 e. The number of rotatable bonds is 9. The molecule has 0 fully saturated rings. The molecule has 0 saturated carbocycles. The van der Waals surface area contributed by atoms with Crippen molar-refractivity contribution in [2.45, 2.75) is 58.4 Å². The Balaban J connectivity index is 2.04. The average Bonchev–Trinajstić information content (AvgIpc) is 2.81. The second kappa shape index (κ2) is 8.34. The third-order valence-electron chi connectivity index (χ3n) is 2.98. The highest BCUT2D eigenvalue weighted by atomic mass is 14.9. The third-order valence-corrected chi connectivity index (χ3v) is 2.98. The lowest BCUT2D eigenvalue weighted by atomic mass is 10.1. The number of aromatic amines is 1. The summed E-state index contributed by atoms with van der Waals surface area (Å²) >= 11 is 0. The van der Waals surface area contributed by atoms with Gasteiger partial charge in [0.1, 0.15) is 5.82 Å². The number of H-pyrrole nitrogens is 1. The minimum Gasteiger partial charge on any atom is -0.349 e. The monoisotopic (exact) mass is 223 g/mol. The van der Waals surface area contributed by atoms with Gasteiger partial charge in [-0.05, 0) is 25.8 Å². The van der Waals surface area contributed by atoms with Crippen LogP contribution in [0.15, 0.2) is 12.4 Å². The normalized spacial score (nSPS) is 12.9. The van der Waals surface area contributed by atoms with Gasteiger partial charge in [0.2, 0.25) is 0 Å². The molecular weight excluding hydrogens is 198 g/mol. The van der Waals surface area contributed by atoms with E-state index >= 15 is 0 Å². The highest BCUT2D eigenvalue weighted by Crippen LogP contribution is 2.04. The summed E-state index contributed by atoms with van der Waals surface area (Å²) in [6, 6.07) is 0.705. The fourth-order valence-corrected chi connectivity index (χ4v) is 1.90. The van der Waals surface area contributed by atoms with Gasteiger partial charge in [-0.25, -0.2) is 4.98 Å². The summed E-state index contributed by atoms with van der Waals surface area (Å²) in [7, 11) is 0. The van der Waals surface area contributed by atoms with E-state index < -0.39 is 0 Å². The summed E-state index contributed by atoms with van der Waals surface area (Å²) in [6.45, 7) is 5.62. The van der Waals surface area contributed by atoms with E-state index in [2.05, 4.69) is 29.1 Å². The van der Waals surface area contributed by atoms with Crippen LogP contribution in [0.4, 0.5) is 0 Å². The van der Waals surface area contributed by atoms with Gasteiger partial charge in [0.05, 0.1) is 0 Å². The number of nitrogens with one attached hydrogen (secondary N) is 2. The van der Waals surface area contributed by atoms with Gasteiger partial charge in [-0.2, -0.15) is 0 Å². The van der Waals surface area contributed by atoms with Crippen molar-refractivity contribution < 1.29 is 0 Å². The van der Waals surface area contributed by atoms with E-state index in [4.69, 9.17) is 0 Å². The molecule has 0 saturated heterocycles. The zero-order chi connectivity index (χ0) is 11.6. The molecule has 16 heavy (non-hydrogen) atoms. The lowest BCUT2D eigenvalue weighted by molar-refractivity contribution is 0.448. The van der Waals surface area contributed by atoms with Crippen LogP contribution in [0.3, 0.4) is 0 Å².